The van der Waals surface area contributed by atoms with Crippen molar-refractivity contribution < 1.29 is 14.4 Å². The Hall–Kier alpha value is -4.63. The minimum Gasteiger partial charge on any atom is -0.349 e. The third-order valence-corrected chi connectivity index (χ3v) is 7.69. The number of likely N-dealkylation sites (N-methyl/N-ethyl adjacent to an activating group) is 1. The smallest absolute Gasteiger partial charge is 0.270 e. The second kappa shape index (κ2) is 9.35. The third kappa shape index (κ3) is 3.88. The summed E-state index contributed by atoms with van der Waals surface area (Å²) in [5.74, 6) is -0.885. The van der Waals surface area contributed by atoms with E-state index in [1.165, 1.54) is 9.80 Å². The summed E-state index contributed by atoms with van der Waals surface area (Å²) in [6.07, 6.45) is 0.582. The summed E-state index contributed by atoms with van der Waals surface area (Å²) in [7, 11) is 1.58. The number of anilines is 1. The number of hydrogen-bond donors (Lipinski definition) is 2. The normalized spacial score (nSPS) is 20.7. The highest BCUT2D eigenvalue weighted by Gasteiger charge is 2.56. The standard InChI is InChI=1S/C29H28N6O3/c1-17(2)11-24(34(3)26(36)23-12-18-7-6-8-19(14-30)25(18)32-23)27(37)35-16-29(13-20(35)15-31)21-9-4-5-10-22(21)33-28(29)38/h4-10,12,17,20,24,32H,11,13,16H2,1-3H3,(H,33,38)/t20-,24-,29-/m0/s1. The molecule has 38 heavy (non-hydrogen) atoms. The molecule has 2 aromatic carbocycles. The number of para-hydroxylation sites is 2. The lowest BCUT2D eigenvalue weighted by atomic mass is 9.80. The van der Waals surface area contributed by atoms with E-state index in [4.69, 9.17) is 0 Å². The molecule has 0 unspecified atom stereocenters. The van der Waals surface area contributed by atoms with Crippen LogP contribution in [0.3, 0.4) is 0 Å². The number of hydrogen-bond acceptors (Lipinski definition) is 5. The van der Waals surface area contributed by atoms with E-state index < -0.39 is 23.4 Å². The van der Waals surface area contributed by atoms with E-state index in [0.29, 0.717) is 23.2 Å². The molecule has 3 aromatic rings. The summed E-state index contributed by atoms with van der Waals surface area (Å²) in [6, 6.07) is 17.0. The van der Waals surface area contributed by atoms with Crippen LogP contribution in [0, 0.1) is 28.6 Å². The SMILES string of the molecule is CC(C)C[C@@H](C(=O)N1C[C@]2(C[C@H]1C#N)C(=O)Nc1ccccc12)N(C)C(=O)c1cc2cccc(C#N)c2[nH]1. The molecule has 5 rings (SSSR count). The fraction of sp³-hybridized carbons (Fsp3) is 0.345. The maximum atomic E-state index is 14.1. The highest BCUT2D eigenvalue weighted by Crippen LogP contribution is 2.46. The summed E-state index contributed by atoms with van der Waals surface area (Å²) in [5.41, 5.74) is 1.75. The Morgan fingerprint density at radius 3 is 2.66 bits per heavy atom. The van der Waals surface area contributed by atoms with Gasteiger partial charge in [0.25, 0.3) is 5.91 Å². The molecule has 1 aromatic heterocycles. The molecule has 0 radical (unpaired) electrons. The third-order valence-electron chi connectivity index (χ3n) is 7.69. The van der Waals surface area contributed by atoms with Crippen LogP contribution in [-0.2, 0) is 15.0 Å². The molecular weight excluding hydrogens is 480 g/mol. The first-order chi connectivity index (χ1) is 18.2. The molecule has 3 atom stereocenters. The first kappa shape index (κ1) is 25.0. The highest BCUT2D eigenvalue weighted by atomic mass is 16.2. The molecule has 1 fully saturated rings. The predicted molar refractivity (Wildman–Crippen MR) is 141 cm³/mol. The van der Waals surface area contributed by atoms with Crippen molar-refractivity contribution in [1.29, 1.82) is 10.5 Å². The number of fused-ring (bicyclic) bond motifs is 3. The van der Waals surface area contributed by atoms with Gasteiger partial charge in [0.2, 0.25) is 11.8 Å². The van der Waals surface area contributed by atoms with Crippen molar-refractivity contribution in [3.63, 3.8) is 0 Å². The van der Waals surface area contributed by atoms with Gasteiger partial charge in [0, 0.05) is 31.1 Å². The maximum absolute atomic E-state index is 14.1. The van der Waals surface area contributed by atoms with Gasteiger partial charge in [-0.25, -0.2) is 0 Å². The van der Waals surface area contributed by atoms with Crippen LogP contribution in [0.5, 0.6) is 0 Å². The fourth-order valence-corrected chi connectivity index (χ4v) is 5.74. The number of aromatic nitrogens is 1. The van der Waals surface area contributed by atoms with E-state index in [0.717, 1.165) is 10.9 Å². The van der Waals surface area contributed by atoms with Gasteiger partial charge in [-0.3, -0.25) is 14.4 Å². The van der Waals surface area contributed by atoms with E-state index in [9.17, 15) is 24.9 Å². The van der Waals surface area contributed by atoms with Gasteiger partial charge in [0.1, 0.15) is 23.8 Å². The number of aromatic amines is 1. The quantitative estimate of drug-likeness (QED) is 0.544. The zero-order valence-corrected chi connectivity index (χ0v) is 21.5. The Morgan fingerprint density at radius 1 is 1.18 bits per heavy atom. The first-order valence-corrected chi connectivity index (χ1v) is 12.6. The van der Waals surface area contributed by atoms with Gasteiger partial charge in [0.05, 0.1) is 22.6 Å². The number of rotatable bonds is 5. The van der Waals surface area contributed by atoms with Crippen LogP contribution in [0.4, 0.5) is 5.69 Å². The average Bonchev–Trinajstić information content (AvgIpc) is 3.60. The number of likely N-dealkylation sites (tertiary alicyclic amines) is 1. The zero-order valence-electron chi connectivity index (χ0n) is 21.5. The van der Waals surface area contributed by atoms with Crippen molar-refractivity contribution >= 4 is 34.3 Å². The number of nitriles is 2. The molecule has 2 aliphatic heterocycles. The molecule has 0 bridgehead atoms. The molecule has 192 valence electrons. The van der Waals surface area contributed by atoms with Gasteiger partial charge in [-0.2, -0.15) is 10.5 Å². The second-order valence-electron chi connectivity index (χ2n) is 10.5. The fourth-order valence-electron chi connectivity index (χ4n) is 5.74. The van der Waals surface area contributed by atoms with E-state index in [2.05, 4.69) is 22.4 Å². The molecule has 0 saturated carbocycles. The van der Waals surface area contributed by atoms with Crippen LogP contribution in [0.25, 0.3) is 10.9 Å². The topological polar surface area (TPSA) is 133 Å². The maximum Gasteiger partial charge on any atom is 0.270 e. The lowest BCUT2D eigenvalue weighted by Crippen LogP contribution is -2.52. The number of amides is 3. The van der Waals surface area contributed by atoms with Gasteiger partial charge in [-0.05, 0) is 36.1 Å². The highest BCUT2D eigenvalue weighted by molar-refractivity contribution is 6.07. The van der Waals surface area contributed by atoms with E-state index in [-0.39, 0.29) is 36.4 Å². The van der Waals surface area contributed by atoms with Crippen LogP contribution in [0.1, 0.15) is 48.3 Å². The van der Waals surface area contributed by atoms with Crippen LogP contribution in [-0.4, -0.2) is 58.2 Å². The van der Waals surface area contributed by atoms with Gasteiger partial charge in [0.15, 0.2) is 0 Å². The van der Waals surface area contributed by atoms with Crippen molar-refractivity contribution in [3.8, 4) is 12.1 Å². The molecular formula is C29H28N6O3. The lowest BCUT2D eigenvalue weighted by Gasteiger charge is -2.33. The number of carbonyl (C=O) groups excluding carboxylic acids is 3. The predicted octanol–water partition coefficient (Wildman–Crippen LogP) is 3.54. The van der Waals surface area contributed by atoms with Crippen molar-refractivity contribution in [2.24, 2.45) is 5.92 Å². The Kier molecular flexibility index (Phi) is 6.16. The Bertz CT molecular complexity index is 1540. The number of benzene rings is 2. The van der Waals surface area contributed by atoms with Gasteiger partial charge >= 0.3 is 0 Å². The number of H-pyrrole nitrogens is 1. The molecule has 2 aliphatic rings. The second-order valence-corrected chi connectivity index (χ2v) is 10.5. The molecule has 0 aliphatic carbocycles. The van der Waals surface area contributed by atoms with Crippen molar-refractivity contribution in [2.45, 2.75) is 44.2 Å². The summed E-state index contributed by atoms with van der Waals surface area (Å²) in [5, 5.41) is 23.0. The van der Waals surface area contributed by atoms with E-state index >= 15 is 0 Å². The van der Waals surface area contributed by atoms with Crippen molar-refractivity contribution in [2.75, 3.05) is 18.9 Å². The van der Waals surface area contributed by atoms with Gasteiger partial charge in [-0.1, -0.05) is 44.2 Å². The summed E-state index contributed by atoms with van der Waals surface area (Å²) < 4.78 is 0. The monoisotopic (exact) mass is 508 g/mol. The van der Waals surface area contributed by atoms with Gasteiger partial charge in [-0.15, -0.1) is 0 Å². The number of nitrogens with one attached hydrogen (secondary N) is 2. The van der Waals surface area contributed by atoms with Crippen LogP contribution in [0.2, 0.25) is 0 Å². The van der Waals surface area contributed by atoms with Crippen molar-refractivity contribution in [1.82, 2.24) is 14.8 Å². The minimum atomic E-state index is -0.998. The Labute approximate surface area is 220 Å². The lowest BCUT2D eigenvalue weighted by molar-refractivity contribution is -0.136. The van der Waals surface area contributed by atoms with Crippen LogP contribution < -0.4 is 5.32 Å². The molecule has 9 heteroatoms. The molecule has 9 nitrogen and oxygen atoms in total. The molecule has 2 N–H and O–H groups in total. The summed E-state index contributed by atoms with van der Waals surface area (Å²) in [6.45, 7) is 4.00. The van der Waals surface area contributed by atoms with E-state index in [1.807, 2.05) is 44.2 Å². The Balaban J connectivity index is 1.47. The molecule has 1 saturated heterocycles. The molecule has 3 heterocycles. The minimum absolute atomic E-state index is 0.0709. The van der Waals surface area contributed by atoms with Crippen LogP contribution >= 0.6 is 0 Å². The summed E-state index contributed by atoms with van der Waals surface area (Å²) >= 11 is 0. The van der Waals surface area contributed by atoms with Crippen molar-refractivity contribution in [3.05, 3.63) is 65.4 Å². The number of nitrogens with zero attached hydrogens (tertiary/aromatic N) is 4. The summed E-state index contributed by atoms with van der Waals surface area (Å²) in [4.78, 5) is 46.7. The zero-order chi connectivity index (χ0) is 27.2. The molecule has 1 spiro atoms. The largest absolute Gasteiger partial charge is 0.349 e. The molecule has 3 amide bonds. The average molecular weight is 509 g/mol. The van der Waals surface area contributed by atoms with Crippen LogP contribution in [0.15, 0.2) is 48.5 Å². The number of carbonyl (C=O) groups is 3. The van der Waals surface area contributed by atoms with E-state index in [1.54, 1.807) is 25.2 Å². The van der Waals surface area contributed by atoms with Gasteiger partial charge < -0.3 is 20.1 Å². The first-order valence-electron chi connectivity index (χ1n) is 12.6. The Morgan fingerprint density at radius 2 is 1.95 bits per heavy atom.